The van der Waals surface area contributed by atoms with Crippen LogP contribution < -0.4 is 4.74 Å². The van der Waals surface area contributed by atoms with E-state index in [2.05, 4.69) is 72.8 Å². The summed E-state index contributed by atoms with van der Waals surface area (Å²) in [6.45, 7) is 1.16. The fraction of sp³-hybridized carbons (Fsp3) is 0.130. The van der Waals surface area contributed by atoms with Crippen LogP contribution in [0.3, 0.4) is 0 Å². The number of methoxy groups -OCH3 is 1. The summed E-state index contributed by atoms with van der Waals surface area (Å²) >= 11 is 0. The van der Waals surface area contributed by atoms with E-state index in [9.17, 15) is 0 Å². The van der Waals surface area contributed by atoms with Crippen molar-refractivity contribution >= 4 is 21.5 Å². The Morgan fingerprint density at radius 1 is 0.680 bits per heavy atom. The molecule has 0 bridgehead atoms. The Morgan fingerprint density at radius 2 is 1.48 bits per heavy atom. The highest BCUT2D eigenvalue weighted by atomic mass is 16.5. The van der Waals surface area contributed by atoms with Gasteiger partial charge in [0.15, 0.2) is 0 Å². The van der Waals surface area contributed by atoms with E-state index in [0.717, 1.165) is 5.75 Å². The molecule has 0 aliphatic carbocycles. The summed E-state index contributed by atoms with van der Waals surface area (Å²) in [4.78, 5) is 0. The van der Waals surface area contributed by atoms with Crippen LogP contribution in [0.2, 0.25) is 0 Å². The van der Waals surface area contributed by atoms with Crippen LogP contribution in [0.1, 0.15) is 0 Å². The van der Waals surface area contributed by atoms with Crippen LogP contribution in [-0.2, 0) is 4.74 Å². The van der Waals surface area contributed by atoms with Crippen LogP contribution in [-0.4, -0.2) is 20.3 Å². The van der Waals surface area contributed by atoms with Crippen molar-refractivity contribution in [3.05, 3.63) is 78.9 Å². The zero-order valence-corrected chi connectivity index (χ0v) is 14.2. The van der Waals surface area contributed by atoms with Gasteiger partial charge in [0.2, 0.25) is 0 Å². The van der Waals surface area contributed by atoms with E-state index in [-0.39, 0.29) is 0 Å². The molecule has 4 aromatic rings. The number of rotatable bonds is 5. The minimum atomic E-state index is 0.566. The molecule has 0 atom stereocenters. The van der Waals surface area contributed by atoms with E-state index in [4.69, 9.17) is 9.47 Å². The van der Waals surface area contributed by atoms with Gasteiger partial charge in [-0.3, -0.25) is 0 Å². The smallest absolute Gasteiger partial charge is 0.120 e. The quantitative estimate of drug-likeness (QED) is 0.438. The van der Waals surface area contributed by atoms with E-state index < -0.39 is 0 Å². The van der Waals surface area contributed by atoms with Gasteiger partial charge in [0.1, 0.15) is 12.4 Å². The Bertz CT molecular complexity index is 1020. The monoisotopic (exact) mass is 328 g/mol. The Hall–Kier alpha value is -2.84. The standard InChI is InChI=1S/C23H20O2/c1-24-13-14-25-21-12-11-18-15-20(10-9-19(18)16-21)23-8-4-6-17-5-2-3-7-22(17)23/h2-12,15-16H,13-14H2,1H3. The van der Waals surface area contributed by atoms with Crippen molar-refractivity contribution in [2.24, 2.45) is 0 Å². The molecule has 0 heterocycles. The summed E-state index contributed by atoms with van der Waals surface area (Å²) in [6, 6.07) is 27.8. The van der Waals surface area contributed by atoms with E-state index >= 15 is 0 Å². The second-order valence-electron chi connectivity index (χ2n) is 6.09. The molecule has 0 saturated carbocycles. The lowest BCUT2D eigenvalue weighted by Crippen LogP contribution is -2.03. The van der Waals surface area contributed by atoms with Gasteiger partial charge in [-0.2, -0.15) is 0 Å². The molecule has 0 radical (unpaired) electrons. The van der Waals surface area contributed by atoms with Gasteiger partial charge < -0.3 is 9.47 Å². The predicted molar refractivity (Wildman–Crippen MR) is 104 cm³/mol. The molecule has 4 rings (SSSR count). The fourth-order valence-corrected chi connectivity index (χ4v) is 3.20. The first-order chi connectivity index (χ1) is 12.3. The topological polar surface area (TPSA) is 18.5 Å². The zero-order chi connectivity index (χ0) is 17.1. The highest BCUT2D eigenvalue weighted by Crippen LogP contribution is 2.31. The second-order valence-corrected chi connectivity index (χ2v) is 6.09. The highest BCUT2D eigenvalue weighted by molar-refractivity contribution is 5.99. The van der Waals surface area contributed by atoms with E-state index in [0.29, 0.717) is 13.2 Å². The van der Waals surface area contributed by atoms with Crippen molar-refractivity contribution < 1.29 is 9.47 Å². The van der Waals surface area contributed by atoms with Gasteiger partial charge in [-0.1, -0.05) is 60.7 Å². The Kier molecular flexibility index (Phi) is 4.36. The third kappa shape index (κ3) is 3.21. The first kappa shape index (κ1) is 15.7. The average molecular weight is 328 g/mol. The largest absolute Gasteiger partial charge is 0.491 e. The molecule has 0 aromatic heterocycles. The molecule has 0 aliphatic heterocycles. The lowest BCUT2D eigenvalue weighted by molar-refractivity contribution is 0.146. The normalized spacial score (nSPS) is 11.1. The van der Waals surface area contributed by atoms with Gasteiger partial charge >= 0.3 is 0 Å². The maximum atomic E-state index is 5.70. The Balaban J connectivity index is 1.72. The van der Waals surface area contributed by atoms with Gasteiger partial charge in [-0.05, 0) is 50.9 Å². The van der Waals surface area contributed by atoms with Crippen molar-refractivity contribution in [3.63, 3.8) is 0 Å². The van der Waals surface area contributed by atoms with E-state index in [1.54, 1.807) is 7.11 Å². The van der Waals surface area contributed by atoms with E-state index in [1.165, 1.54) is 32.7 Å². The van der Waals surface area contributed by atoms with Crippen LogP contribution in [0.4, 0.5) is 0 Å². The lowest BCUT2D eigenvalue weighted by atomic mass is 9.96. The Morgan fingerprint density at radius 3 is 2.40 bits per heavy atom. The van der Waals surface area contributed by atoms with Crippen molar-refractivity contribution in [2.75, 3.05) is 20.3 Å². The van der Waals surface area contributed by atoms with Gasteiger partial charge in [-0.15, -0.1) is 0 Å². The molecule has 0 unspecified atom stereocenters. The van der Waals surface area contributed by atoms with Crippen molar-refractivity contribution in [1.29, 1.82) is 0 Å². The summed E-state index contributed by atoms with van der Waals surface area (Å²) in [7, 11) is 1.68. The molecule has 124 valence electrons. The van der Waals surface area contributed by atoms with Crippen LogP contribution in [0.25, 0.3) is 32.7 Å². The Labute approximate surface area is 147 Å². The number of benzene rings is 4. The molecule has 4 aromatic carbocycles. The van der Waals surface area contributed by atoms with Gasteiger partial charge in [0.05, 0.1) is 6.61 Å². The summed E-state index contributed by atoms with van der Waals surface area (Å²) in [5, 5.41) is 4.94. The van der Waals surface area contributed by atoms with E-state index in [1.807, 2.05) is 6.07 Å². The second kappa shape index (κ2) is 6.96. The molecule has 2 nitrogen and oxygen atoms in total. The fourth-order valence-electron chi connectivity index (χ4n) is 3.20. The highest BCUT2D eigenvalue weighted by Gasteiger charge is 2.05. The maximum absolute atomic E-state index is 5.70. The van der Waals surface area contributed by atoms with Crippen molar-refractivity contribution in [2.45, 2.75) is 0 Å². The number of hydrogen-bond acceptors (Lipinski definition) is 2. The minimum Gasteiger partial charge on any atom is -0.491 e. The third-order valence-corrected chi connectivity index (χ3v) is 4.47. The molecule has 25 heavy (non-hydrogen) atoms. The molecular weight excluding hydrogens is 308 g/mol. The first-order valence-corrected chi connectivity index (χ1v) is 8.49. The summed E-state index contributed by atoms with van der Waals surface area (Å²) in [6.07, 6.45) is 0. The number of hydrogen-bond donors (Lipinski definition) is 0. The van der Waals surface area contributed by atoms with Gasteiger partial charge in [-0.25, -0.2) is 0 Å². The summed E-state index contributed by atoms with van der Waals surface area (Å²) in [5.41, 5.74) is 2.50. The van der Waals surface area contributed by atoms with Crippen LogP contribution in [0.5, 0.6) is 5.75 Å². The maximum Gasteiger partial charge on any atom is 0.120 e. The van der Waals surface area contributed by atoms with Crippen LogP contribution >= 0.6 is 0 Å². The molecule has 2 heteroatoms. The molecule has 0 aliphatic rings. The SMILES string of the molecule is COCCOc1ccc2cc(-c3cccc4ccccc34)ccc2c1. The first-order valence-electron chi connectivity index (χ1n) is 8.49. The van der Waals surface area contributed by atoms with Gasteiger partial charge in [0, 0.05) is 7.11 Å². The van der Waals surface area contributed by atoms with Crippen LogP contribution in [0, 0.1) is 0 Å². The number of ether oxygens (including phenoxy) is 2. The van der Waals surface area contributed by atoms with Crippen LogP contribution in [0.15, 0.2) is 78.9 Å². The lowest BCUT2D eigenvalue weighted by Gasteiger charge is -2.10. The number of fused-ring (bicyclic) bond motifs is 2. The average Bonchev–Trinajstić information content (AvgIpc) is 2.67. The van der Waals surface area contributed by atoms with Crippen molar-refractivity contribution in [1.82, 2.24) is 0 Å². The van der Waals surface area contributed by atoms with Crippen molar-refractivity contribution in [3.8, 4) is 16.9 Å². The third-order valence-electron chi connectivity index (χ3n) is 4.47. The summed E-state index contributed by atoms with van der Waals surface area (Å²) < 4.78 is 10.7. The molecule has 0 saturated heterocycles. The zero-order valence-electron chi connectivity index (χ0n) is 14.2. The summed E-state index contributed by atoms with van der Waals surface area (Å²) in [5.74, 6) is 0.877. The minimum absolute atomic E-state index is 0.566. The molecule has 0 amide bonds. The molecule has 0 N–H and O–H groups in total. The molecular formula is C23H20O2. The predicted octanol–water partition coefficient (Wildman–Crippen LogP) is 5.69. The van der Waals surface area contributed by atoms with Gasteiger partial charge in [0.25, 0.3) is 0 Å². The molecule has 0 fully saturated rings. The molecule has 0 spiro atoms.